The van der Waals surface area contributed by atoms with Crippen LogP contribution in [0.2, 0.25) is 0 Å². The molecule has 214 valence electrons. The van der Waals surface area contributed by atoms with Gasteiger partial charge < -0.3 is 20.2 Å². The smallest absolute Gasteiger partial charge is 0.416 e. The zero-order valence-corrected chi connectivity index (χ0v) is 21.0. The van der Waals surface area contributed by atoms with Crippen LogP contribution in [0, 0.1) is 0 Å². The summed E-state index contributed by atoms with van der Waals surface area (Å²) < 4.78 is 88.9. The summed E-state index contributed by atoms with van der Waals surface area (Å²) in [6.45, 7) is -0.00740. The molecule has 8 nitrogen and oxygen atoms in total. The van der Waals surface area contributed by atoms with E-state index < -0.39 is 70.7 Å². The number of aromatic nitrogens is 3. The highest BCUT2D eigenvalue weighted by molar-refractivity contribution is 5.95. The second-order valence-electron chi connectivity index (χ2n) is 10.1. The van der Waals surface area contributed by atoms with Crippen molar-refractivity contribution in [3.8, 4) is 11.6 Å². The van der Waals surface area contributed by atoms with Crippen molar-refractivity contribution in [3.05, 3.63) is 59.1 Å². The van der Waals surface area contributed by atoms with E-state index in [9.17, 15) is 36.2 Å². The number of nitrogens with two attached hydrogens (primary N) is 1. The van der Waals surface area contributed by atoms with Crippen LogP contribution in [0.5, 0.6) is 0 Å². The number of pyridine rings is 1. The molecule has 0 radical (unpaired) electrons. The highest BCUT2D eigenvalue weighted by Crippen LogP contribution is 2.45. The number of nitrogens with zero attached hydrogens (tertiary/aromatic N) is 4. The molecule has 1 atom stereocenters. The van der Waals surface area contributed by atoms with Gasteiger partial charge in [-0.1, -0.05) is 36.8 Å². The summed E-state index contributed by atoms with van der Waals surface area (Å²) >= 11 is 0. The number of amides is 1. The van der Waals surface area contributed by atoms with Crippen LogP contribution in [0.15, 0.2) is 40.8 Å². The van der Waals surface area contributed by atoms with E-state index in [1.807, 2.05) is 30.3 Å². The normalized spacial score (nSPS) is 24.4. The van der Waals surface area contributed by atoms with Gasteiger partial charge in [0.05, 0.1) is 11.3 Å². The maximum atomic E-state index is 14.0. The lowest BCUT2D eigenvalue weighted by Crippen LogP contribution is -2.48. The number of fused-ring (bicyclic) bond motifs is 5. The molecule has 0 unspecified atom stereocenters. The Labute approximate surface area is 224 Å². The summed E-state index contributed by atoms with van der Waals surface area (Å²) in [7, 11) is 0. The molecule has 0 saturated heterocycles. The van der Waals surface area contributed by atoms with Gasteiger partial charge in [0.1, 0.15) is 5.69 Å². The lowest BCUT2D eigenvalue weighted by Gasteiger charge is -2.43. The predicted octanol–water partition coefficient (Wildman–Crippen LogP) is 5.44. The third kappa shape index (κ3) is 5.00. The maximum absolute atomic E-state index is 14.0. The number of benzene rings is 1. The lowest BCUT2D eigenvalue weighted by molar-refractivity contribution is -0.277. The van der Waals surface area contributed by atoms with Crippen LogP contribution < -0.4 is 5.73 Å². The number of aliphatic hydroxyl groups is 1. The standard InChI is InChI=1S/C26H25F6N5O3/c27-25(28,29)17-13-18(33)20-21-35-36-23(40-21)24(39,26(30,31)32)9-5-2-6-10-37(22(38)19(17)34-20)16-11-15(12-16)14-7-3-1-4-8-14/h1,3-4,7-8,13,15-16,39H,2,5-6,9-12,33H2/t15?,16?,24-/m1/s1. The van der Waals surface area contributed by atoms with Gasteiger partial charge in [-0.25, -0.2) is 4.98 Å². The Bertz CT molecular complexity index is 1390. The van der Waals surface area contributed by atoms with Crippen LogP contribution in [0.3, 0.4) is 0 Å². The molecule has 14 heteroatoms. The average Bonchev–Trinajstić information content (AvgIpc) is 3.35. The van der Waals surface area contributed by atoms with Gasteiger partial charge in [0.15, 0.2) is 5.69 Å². The molecular weight excluding hydrogens is 544 g/mol. The number of hydrogen-bond acceptors (Lipinski definition) is 7. The van der Waals surface area contributed by atoms with Crippen molar-refractivity contribution in [1.82, 2.24) is 20.1 Å². The van der Waals surface area contributed by atoms with Crippen molar-refractivity contribution in [2.45, 2.75) is 68.4 Å². The van der Waals surface area contributed by atoms with Crippen LogP contribution in [-0.4, -0.2) is 49.9 Å². The highest BCUT2D eigenvalue weighted by atomic mass is 19.4. The number of hydrogen-bond donors (Lipinski definition) is 2. The summed E-state index contributed by atoms with van der Waals surface area (Å²) in [4.78, 5) is 18.8. The van der Waals surface area contributed by atoms with Crippen molar-refractivity contribution in [3.63, 3.8) is 0 Å². The molecule has 1 amide bonds. The number of halogens is 6. The fourth-order valence-electron chi connectivity index (χ4n) is 5.20. The molecule has 3 N–H and O–H groups in total. The molecule has 2 aromatic heterocycles. The van der Waals surface area contributed by atoms with Crippen molar-refractivity contribution in [2.24, 2.45) is 0 Å². The number of alkyl halides is 6. The second-order valence-corrected chi connectivity index (χ2v) is 10.1. The molecule has 3 heterocycles. The van der Waals surface area contributed by atoms with E-state index in [0.29, 0.717) is 18.9 Å². The molecule has 40 heavy (non-hydrogen) atoms. The summed E-state index contributed by atoms with van der Waals surface area (Å²) in [6.07, 6.45) is -9.79. The Balaban J connectivity index is 1.57. The first-order valence-electron chi connectivity index (χ1n) is 12.7. The summed E-state index contributed by atoms with van der Waals surface area (Å²) in [5.41, 5.74) is -0.254. The fourth-order valence-corrected chi connectivity index (χ4v) is 5.20. The van der Waals surface area contributed by atoms with Crippen molar-refractivity contribution < 1.29 is 40.7 Å². The van der Waals surface area contributed by atoms with Gasteiger partial charge in [-0.05, 0) is 49.7 Å². The van der Waals surface area contributed by atoms with Crippen LogP contribution in [0.25, 0.3) is 11.6 Å². The minimum atomic E-state index is -5.18. The van der Waals surface area contributed by atoms with Crippen molar-refractivity contribution in [1.29, 1.82) is 0 Å². The van der Waals surface area contributed by atoms with Crippen molar-refractivity contribution >= 4 is 11.6 Å². The van der Waals surface area contributed by atoms with Crippen molar-refractivity contribution in [2.75, 3.05) is 12.3 Å². The minimum Gasteiger partial charge on any atom is -0.416 e. The SMILES string of the molecule is Nc1cc(C(F)(F)F)c2nc1-c1nnc(o1)[C@@](O)(C(F)(F)F)CCCCCN(C1CC(c3ccccc3)C1)C2=O. The number of rotatable bonds is 2. The van der Waals surface area contributed by atoms with E-state index >= 15 is 0 Å². The van der Waals surface area contributed by atoms with Gasteiger partial charge >= 0.3 is 12.4 Å². The van der Waals surface area contributed by atoms with Gasteiger partial charge in [0, 0.05) is 12.6 Å². The molecule has 4 bridgehead atoms. The van der Waals surface area contributed by atoms with E-state index in [2.05, 4.69) is 15.2 Å². The summed E-state index contributed by atoms with van der Waals surface area (Å²) in [5, 5.41) is 17.3. The summed E-state index contributed by atoms with van der Waals surface area (Å²) in [6, 6.07) is 9.54. The van der Waals surface area contributed by atoms with Crippen LogP contribution in [0.4, 0.5) is 32.0 Å². The third-order valence-corrected chi connectivity index (χ3v) is 7.53. The summed E-state index contributed by atoms with van der Waals surface area (Å²) in [5.74, 6) is -2.82. The van der Waals surface area contributed by atoms with E-state index in [4.69, 9.17) is 10.2 Å². The van der Waals surface area contributed by atoms with E-state index in [1.165, 1.54) is 4.90 Å². The van der Waals surface area contributed by atoms with Crippen LogP contribution >= 0.6 is 0 Å². The zero-order valence-electron chi connectivity index (χ0n) is 21.0. The fraction of sp³-hybridized carbons (Fsp3) is 0.462. The molecule has 1 fully saturated rings. The van der Waals surface area contributed by atoms with Gasteiger partial charge in [0.25, 0.3) is 17.7 Å². The first-order valence-corrected chi connectivity index (χ1v) is 12.7. The molecule has 3 aromatic rings. The Hall–Kier alpha value is -3.68. The maximum Gasteiger partial charge on any atom is 0.426 e. The molecular formula is C26H25F6N5O3. The Morgan fingerprint density at radius 2 is 1.70 bits per heavy atom. The van der Waals surface area contributed by atoms with Gasteiger partial charge in [0.2, 0.25) is 5.60 Å². The van der Waals surface area contributed by atoms with Gasteiger partial charge in [-0.15, -0.1) is 10.2 Å². The number of carbonyl (C=O) groups is 1. The topological polar surface area (TPSA) is 118 Å². The molecule has 1 aliphatic carbocycles. The monoisotopic (exact) mass is 569 g/mol. The predicted molar refractivity (Wildman–Crippen MR) is 129 cm³/mol. The third-order valence-electron chi connectivity index (χ3n) is 7.53. The number of anilines is 1. The number of nitrogen functional groups attached to an aromatic ring is 1. The zero-order chi connectivity index (χ0) is 28.9. The molecule has 5 rings (SSSR count). The first-order chi connectivity index (χ1) is 18.8. The van der Waals surface area contributed by atoms with Gasteiger partial charge in [-0.2, -0.15) is 26.3 Å². The number of carbonyl (C=O) groups excluding carboxylic acids is 1. The Morgan fingerprint density at radius 1 is 1.00 bits per heavy atom. The quantitative estimate of drug-likeness (QED) is 0.395. The van der Waals surface area contributed by atoms with E-state index in [1.54, 1.807) is 0 Å². The molecule has 0 spiro atoms. The molecule has 1 aromatic carbocycles. The van der Waals surface area contributed by atoms with E-state index in [0.717, 1.165) is 5.56 Å². The molecule has 1 aliphatic heterocycles. The Kier molecular flexibility index (Phi) is 7.01. The average molecular weight is 570 g/mol. The first kappa shape index (κ1) is 27.9. The highest BCUT2D eigenvalue weighted by Gasteiger charge is 2.58. The minimum absolute atomic E-state index is 0.00740. The molecule has 2 aliphatic rings. The van der Waals surface area contributed by atoms with Crippen LogP contribution in [-0.2, 0) is 11.8 Å². The van der Waals surface area contributed by atoms with E-state index in [-0.39, 0.29) is 31.7 Å². The second kappa shape index (κ2) is 10.1. The van der Waals surface area contributed by atoms with Gasteiger partial charge in [-0.3, -0.25) is 4.79 Å². The Morgan fingerprint density at radius 3 is 2.35 bits per heavy atom. The molecule has 1 saturated carbocycles. The lowest BCUT2D eigenvalue weighted by atomic mass is 9.75. The van der Waals surface area contributed by atoms with Crippen LogP contribution in [0.1, 0.15) is 71.9 Å². The largest absolute Gasteiger partial charge is 0.426 e.